The van der Waals surface area contributed by atoms with Crippen LogP contribution in [0, 0.1) is 26.6 Å². The quantitative estimate of drug-likeness (QED) is 0.500. The number of carbonyl (C=O) groups is 2. The van der Waals surface area contributed by atoms with Crippen molar-refractivity contribution in [3.8, 4) is 0 Å². The van der Waals surface area contributed by atoms with E-state index in [1.54, 1.807) is 26.8 Å². The van der Waals surface area contributed by atoms with Gasteiger partial charge in [-0.1, -0.05) is 18.2 Å². The van der Waals surface area contributed by atoms with Gasteiger partial charge in [-0.3, -0.25) is 14.3 Å². The van der Waals surface area contributed by atoms with E-state index in [2.05, 4.69) is 15.4 Å². The van der Waals surface area contributed by atoms with Crippen LogP contribution in [0.25, 0.3) is 0 Å². The lowest BCUT2D eigenvalue weighted by atomic mass is 10.2. The monoisotopic (exact) mass is 459 g/mol. The van der Waals surface area contributed by atoms with E-state index in [1.165, 1.54) is 36.4 Å². The topological polar surface area (TPSA) is 118 Å². The summed E-state index contributed by atoms with van der Waals surface area (Å²) in [5, 5.41) is 5.03. The highest BCUT2D eigenvalue weighted by Crippen LogP contribution is 2.24. The van der Waals surface area contributed by atoms with Crippen LogP contribution in [0.3, 0.4) is 0 Å². The summed E-state index contributed by atoms with van der Waals surface area (Å²) in [5.74, 6) is -0.705. The molecular weight excluding hydrogens is 437 g/mol. The number of benzene rings is 2. The Morgan fingerprint density at radius 3 is 2.41 bits per heavy atom. The Labute approximate surface area is 184 Å². The van der Waals surface area contributed by atoms with E-state index in [9.17, 15) is 22.4 Å². The number of anilines is 2. The van der Waals surface area contributed by atoms with E-state index < -0.39 is 27.7 Å². The number of para-hydroxylation sites is 1. The summed E-state index contributed by atoms with van der Waals surface area (Å²) < 4.78 is 46.9. The minimum Gasteiger partial charge on any atom is -0.466 e. The summed E-state index contributed by atoms with van der Waals surface area (Å²) in [6, 6.07) is 11.3. The molecule has 2 amide bonds. The van der Waals surface area contributed by atoms with Crippen LogP contribution >= 0.6 is 0 Å². The minimum absolute atomic E-state index is 0.118. The highest BCUT2D eigenvalue weighted by atomic mass is 32.2. The van der Waals surface area contributed by atoms with Crippen molar-refractivity contribution in [1.29, 1.82) is 0 Å². The lowest BCUT2D eigenvalue weighted by Gasteiger charge is -2.13. The van der Waals surface area contributed by atoms with Gasteiger partial charge < -0.3 is 15.1 Å². The first-order chi connectivity index (χ1) is 15.1. The van der Waals surface area contributed by atoms with Gasteiger partial charge in [-0.15, -0.1) is 0 Å². The fourth-order valence-electron chi connectivity index (χ4n) is 3.03. The molecule has 2 aromatic carbocycles. The fourth-order valence-corrected chi connectivity index (χ4v) is 4.37. The molecule has 10 heteroatoms. The Morgan fingerprint density at radius 1 is 1.03 bits per heavy atom. The van der Waals surface area contributed by atoms with Crippen molar-refractivity contribution < 1.29 is 26.8 Å². The zero-order valence-electron chi connectivity index (χ0n) is 17.7. The molecule has 0 fully saturated rings. The largest absolute Gasteiger partial charge is 0.466 e. The number of hydrogen-bond acceptors (Lipinski definition) is 5. The van der Waals surface area contributed by atoms with Gasteiger partial charge in [0.1, 0.15) is 17.3 Å². The Bertz CT molecular complexity index is 1280. The molecule has 8 nitrogen and oxygen atoms in total. The van der Waals surface area contributed by atoms with Crippen LogP contribution in [-0.2, 0) is 14.8 Å². The van der Waals surface area contributed by atoms with Gasteiger partial charge in [-0.05, 0) is 56.7 Å². The van der Waals surface area contributed by atoms with E-state index in [-0.39, 0.29) is 22.8 Å². The van der Waals surface area contributed by atoms with E-state index in [4.69, 9.17) is 4.42 Å². The first-order valence-electron chi connectivity index (χ1n) is 9.60. The van der Waals surface area contributed by atoms with Gasteiger partial charge >= 0.3 is 0 Å². The van der Waals surface area contributed by atoms with Crippen LogP contribution in [0.1, 0.15) is 27.4 Å². The number of sulfonamides is 1. The van der Waals surface area contributed by atoms with Crippen molar-refractivity contribution in [3.63, 3.8) is 0 Å². The van der Waals surface area contributed by atoms with Crippen molar-refractivity contribution in [2.45, 2.75) is 25.7 Å². The number of halogens is 1. The van der Waals surface area contributed by atoms with Gasteiger partial charge in [0.05, 0.1) is 22.7 Å². The Balaban J connectivity index is 1.70. The van der Waals surface area contributed by atoms with E-state index in [0.717, 1.165) is 6.07 Å². The molecule has 3 N–H and O–H groups in total. The summed E-state index contributed by atoms with van der Waals surface area (Å²) >= 11 is 0. The first-order valence-corrected chi connectivity index (χ1v) is 11.1. The lowest BCUT2D eigenvalue weighted by Crippen LogP contribution is -2.33. The van der Waals surface area contributed by atoms with Crippen molar-refractivity contribution in [2.24, 2.45) is 0 Å². The molecule has 1 heterocycles. The smallest absolute Gasteiger partial charge is 0.262 e. The molecule has 0 bridgehead atoms. The highest BCUT2D eigenvalue weighted by Gasteiger charge is 2.20. The summed E-state index contributed by atoms with van der Waals surface area (Å²) in [7, 11) is -4.11. The molecule has 0 saturated carbocycles. The fraction of sp³-hybridized carbons (Fsp3) is 0.182. The van der Waals surface area contributed by atoms with Crippen LogP contribution in [-0.4, -0.2) is 26.8 Å². The standard InChI is InChI=1S/C22H22FN3O5S/c1-13-8-9-16(11-20(13)32(29,30)26-19-7-5-4-6-18(19)23)25-21(27)12-24-22(28)17-10-14(2)31-15(17)3/h4-11,26H,12H2,1-3H3,(H,24,28)(H,25,27). The number of carbonyl (C=O) groups excluding carboxylic acids is 2. The molecule has 1 aromatic heterocycles. The third-order valence-electron chi connectivity index (χ3n) is 4.57. The molecule has 0 radical (unpaired) electrons. The molecule has 0 aliphatic rings. The zero-order chi connectivity index (χ0) is 23.5. The minimum atomic E-state index is -4.11. The second kappa shape index (κ2) is 9.23. The average molecular weight is 459 g/mol. The SMILES string of the molecule is Cc1cc(C(=O)NCC(=O)Nc2ccc(C)c(S(=O)(=O)Nc3ccccc3F)c2)c(C)o1. The van der Waals surface area contributed by atoms with E-state index in [0.29, 0.717) is 22.6 Å². The van der Waals surface area contributed by atoms with Crippen LogP contribution in [0.4, 0.5) is 15.8 Å². The van der Waals surface area contributed by atoms with E-state index in [1.807, 2.05) is 0 Å². The summed E-state index contributed by atoms with van der Waals surface area (Å²) in [5.41, 5.74) is 0.761. The van der Waals surface area contributed by atoms with Crippen LogP contribution in [0.2, 0.25) is 0 Å². The van der Waals surface area contributed by atoms with Crippen LogP contribution in [0.5, 0.6) is 0 Å². The molecule has 3 rings (SSSR count). The molecular formula is C22H22FN3O5S. The van der Waals surface area contributed by atoms with Crippen molar-refractivity contribution >= 4 is 33.2 Å². The third kappa shape index (κ3) is 5.33. The van der Waals surface area contributed by atoms with E-state index >= 15 is 0 Å². The maximum Gasteiger partial charge on any atom is 0.262 e. The molecule has 0 spiro atoms. The molecule has 0 saturated heterocycles. The van der Waals surface area contributed by atoms with Crippen molar-refractivity contribution in [2.75, 3.05) is 16.6 Å². The van der Waals surface area contributed by atoms with Gasteiger partial charge in [-0.25, -0.2) is 12.8 Å². The van der Waals surface area contributed by atoms with Gasteiger partial charge in [-0.2, -0.15) is 0 Å². The summed E-state index contributed by atoms with van der Waals surface area (Å²) in [6.45, 7) is 4.61. The average Bonchev–Trinajstić information content (AvgIpc) is 3.07. The predicted octanol–water partition coefficient (Wildman–Crippen LogP) is 3.51. The maximum absolute atomic E-state index is 13.9. The number of hydrogen-bond donors (Lipinski definition) is 3. The summed E-state index contributed by atoms with van der Waals surface area (Å²) in [6.07, 6.45) is 0. The Morgan fingerprint density at radius 2 is 1.75 bits per heavy atom. The third-order valence-corrected chi connectivity index (χ3v) is 6.08. The molecule has 168 valence electrons. The Hall–Kier alpha value is -3.66. The first kappa shape index (κ1) is 23.0. The molecule has 3 aromatic rings. The molecule has 32 heavy (non-hydrogen) atoms. The van der Waals surface area contributed by atoms with Crippen LogP contribution in [0.15, 0.2) is 57.8 Å². The maximum atomic E-state index is 13.9. The van der Waals surface area contributed by atoms with Gasteiger partial charge in [0.2, 0.25) is 5.91 Å². The number of amides is 2. The second-order valence-corrected chi connectivity index (χ2v) is 8.77. The van der Waals surface area contributed by atoms with Crippen LogP contribution < -0.4 is 15.4 Å². The molecule has 0 aliphatic heterocycles. The van der Waals surface area contributed by atoms with Crippen molar-refractivity contribution in [1.82, 2.24) is 5.32 Å². The second-order valence-electron chi connectivity index (χ2n) is 7.12. The Kier molecular flexibility index (Phi) is 6.64. The predicted molar refractivity (Wildman–Crippen MR) is 118 cm³/mol. The van der Waals surface area contributed by atoms with Gasteiger partial charge in [0, 0.05) is 5.69 Å². The molecule has 0 atom stereocenters. The summed E-state index contributed by atoms with van der Waals surface area (Å²) in [4.78, 5) is 24.3. The number of aryl methyl sites for hydroxylation is 3. The molecule has 0 unspecified atom stereocenters. The number of rotatable bonds is 7. The number of nitrogens with one attached hydrogen (secondary N) is 3. The van der Waals surface area contributed by atoms with Crippen molar-refractivity contribution in [3.05, 3.63) is 77.0 Å². The highest BCUT2D eigenvalue weighted by molar-refractivity contribution is 7.92. The zero-order valence-corrected chi connectivity index (χ0v) is 18.5. The molecule has 0 aliphatic carbocycles. The van der Waals surface area contributed by atoms with Gasteiger partial charge in [0.25, 0.3) is 15.9 Å². The number of furan rings is 1. The normalized spacial score (nSPS) is 11.1. The van der Waals surface area contributed by atoms with Gasteiger partial charge in [0.15, 0.2) is 0 Å². The lowest BCUT2D eigenvalue weighted by molar-refractivity contribution is -0.115.